The highest BCUT2D eigenvalue weighted by atomic mass is 28.4. The minimum atomic E-state index is -3.87. The van der Waals surface area contributed by atoms with E-state index in [4.69, 9.17) is 28.4 Å². The fourth-order valence-corrected chi connectivity index (χ4v) is 3.47. The second kappa shape index (κ2) is 9.34. The van der Waals surface area contributed by atoms with Crippen LogP contribution in [0.5, 0.6) is 0 Å². The number of isocyanates is 1. The monoisotopic (exact) mass is 379 g/mol. The minimum absolute atomic E-state index is 0.371. The van der Waals surface area contributed by atoms with Gasteiger partial charge in [0.05, 0.1) is 16.8 Å². The van der Waals surface area contributed by atoms with E-state index in [1.54, 1.807) is 69.2 Å². The highest BCUT2D eigenvalue weighted by Crippen LogP contribution is 2.27. The molecule has 0 aliphatic heterocycles. The molecule has 0 aliphatic carbocycles. The molecule has 0 aromatic rings. The van der Waals surface area contributed by atoms with Crippen LogP contribution in [-0.2, 0) is 33.2 Å². The third kappa shape index (κ3) is 10.8. The van der Waals surface area contributed by atoms with E-state index in [0.717, 1.165) is 0 Å². The average molecular weight is 380 g/mol. The normalized spacial score (nSPS) is 15.0. The number of hydrogen-bond donors (Lipinski definition) is 0. The summed E-state index contributed by atoms with van der Waals surface area (Å²) < 4.78 is 16.7. The molecule has 0 aromatic heterocycles. The van der Waals surface area contributed by atoms with Crippen molar-refractivity contribution in [2.24, 2.45) is 4.99 Å². The van der Waals surface area contributed by atoms with Crippen LogP contribution in [0.2, 0.25) is 0 Å². The molecule has 0 fully saturated rings. The van der Waals surface area contributed by atoms with Gasteiger partial charge in [-0.1, -0.05) is 6.92 Å². The van der Waals surface area contributed by atoms with Gasteiger partial charge in [0.15, 0.2) is 0 Å². The average Bonchev–Trinajstić information content (AvgIpc) is 2.42. The molecule has 0 bridgehead atoms. The Labute approximate surface area is 151 Å². The van der Waals surface area contributed by atoms with E-state index < -0.39 is 31.3 Å². The Balaban J connectivity index is 5.75. The van der Waals surface area contributed by atoms with Crippen LogP contribution in [0, 0.1) is 0 Å². The summed E-state index contributed by atoms with van der Waals surface area (Å²) >= 11 is 0. The maximum atomic E-state index is 10.9. The third-order valence-corrected chi connectivity index (χ3v) is 4.53. The van der Waals surface area contributed by atoms with E-state index in [1.807, 2.05) is 0 Å². The van der Waals surface area contributed by atoms with E-state index >= 15 is 0 Å². The summed E-state index contributed by atoms with van der Waals surface area (Å²) in [4.78, 5) is 30.9. The van der Waals surface area contributed by atoms with Gasteiger partial charge in [0.2, 0.25) is 6.08 Å². The van der Waals surface area contributed by atoms with Gasteiger partial charge >= 0.3 is 8.80 Å². The number of rotatable bonds is 9. The van der Waals surface area contributed by atoms with Crippen LogP contribution in [0.4, 0.5) is 0 Å². The van der Waals surface area contributed by atoms with Gasteiger partial charge in [0.1, 0.15) is 5.67 Å². The van der Waals surface area contributed by atoms with Crippen LogP contribution in [0.3, 0.4) is 0 Å². The molecule has 0 spiro atoms. The maximum Gasteiger partial charge on any atom is 0.611 e. The van der Waals surface area contributed by atoms with Crippen LogP contribution < -0.4 is 0 Å². The van der Waals surface area contributed by atoms with Crippen molar-refractivity contribution in [2.45, 2.75) is 98.1 Å². The smallest absolute Gasteiger partial charge is 0.237 e. The van der Waals surface area contributed by atoms with Gasteiger partial charge in [-0.05, 0) is 68.7 Å². The molecule has 0 amide bonds. The third-order valence-electron chi connectivity index (χ3n) is 2.23. The molecule has 0 saturated heterocycles. The highest BCUT2D eigenvalue weighted by molar-refractivity contribution is 6.62. The minimum Gasteiger partial charge on any atom is -0.237 e. The summed E-state index contributed by atoms with van der Waals surface area (Å²) in [6.07, 6.45) is 1.89. The molecule has 0 radical (unpaired) electrons. The number of carbonyl (C=O) groups excluding carboxylic acids is 1. The predicted octanol–water partition coefficient (Wildman–Crippen LogP) is 3.82. The van der Waals surface area contributed by atoms with Gasteiger partial charge in [0.25, 0.3) is 0 Å². The van der Waals surface area contributed by atoms with Gasteiger partial charge in [-0.25, -0.2) is 33.2 Å². The lowest BCUT2D eigenvalue weighted by Crippen LogP contribution is -2.58. The molecule has 148 valence electrons. The topological polar surface area (TPSA) is 84.8 Å². The SMILES string of the molecule is CCC(N=C=O)[Si](OOC(C)(C)C)(OOC(C)(C)C)OOC(C)(C)C. The second-order valence-corrected chi connectivity index (χ2v) is 11.0. The molecule has 25 heavy (non-hydrogen) atoms. The Morgan fingerprint density at radius 3 is 1.32 bits per heavy atom. The van der Waals surface area contributed by atoms with Crippen molar-refractivity contribution in [1.82, 2.24) is 0 Å². The van der Waals surface area contributed by atoms with Crippen molar-refractivity contribution in [3.63, 3.8) is 0 Å². The zero-order valence-corrected chi connectivity index (χ0v) is 18.1. The molecule has 0 aromatic carbocycles. The Kier molecular flexibility index (Phi) is 9.10. The first-order valence-electron chi connectivity index (χ1n) is 8.31. The molecule has 0 rings (SSSR count). The lowest BCUT2D eigenvalue weighted by atomic mass is 10.2. The first-order chi connectivity index (χ1) is 11.1. The second-order valence-electron chi connectivity index (χ2n) is 8.59. The largest absolute Gasteiger partial charge is 0.611 e. The molecule has 0 N–H and O–H groups in total. The lowest BCUT2D eigenvalue weighted by Gasteiger charge is -2.35. The Morgan fingerprint density at radius 2 is 1.12 bits per heavy atom. The molecule has 0 aliphatic rings. The Bertz CT molecular complexity index is 399. The molecule has 0 saturated carbocycles. The summed E-state index contributed by atoms with van der Waals surface area (Å²) in [6.45, 7) is 18.0. The lowest BCUT2D eigenvalue weighted by molar-refractivity contribution is -0.412. The van der Waals surface area contributed by atoms with Crippen LogP contribution in [0.25, 0.3) is 0 Å². The van der Waals surface area contributed by atoms with Gasteiger partial charge in [-0.2, -0.15) is 4.99 Å². The molecule has 9 heteroatoms. The zero-order valence-electron chi connectivity index (χ0n) is 17.1. The van der Waals surface area contributed by atoms with Crippen molar-refractivity contribution in [3.8, 4) is 0 Å². The summed E-state index contributed by atoms with van der Waals surface area (Å²) in [7, 11) is -3.87. The maximum absolute atomic E-state index is 10.9. The van der Waals surface area contributed by atoms with Crippen LogP contribution in [0.1, 0.15) is 75.7 Å². The summed E-state index contributed by atoms with van der Waals surface area (Å²) in [6, 6.07) is 0. The highest BCUT2D eigenvalue weighted by Gasteiger charge is 2.57. The van der Waals surface area contributed by atoms with Crippen molar-refractivity contribution in [3.05, 3.63) is 0 Å². The molecular weight excluding hydrogens is 346 g/mol. The van der Waals surface area contributed by atoms with Crippen molar-refractivity contribution < 1.29 is 33.2 Å². The van der Waals surface area contributed by atoms with Gasteiger partial charge in [0, 0.05) is 0 Å². The van der Waals surface area contributed by atoms with E-state index in [9.17, 15) is 4.79 Å². The van der Waals surface area contributed by atoms with E-state index in [0.29, 0.717) is 6.42 Å². The number of aliphatic imine (C=N–C) groups is 1. The molecule has 8 nitrogen and oxygen atoms in total. The molecular formula is C16H33NO7Si. The summed E-state index contributed by atoms with van der Waals surface area (Å²) in [5.41, 5.74) is -2.77. The Hall–Kier alpha value is -0.643. The van der Waals surface area contributed by atoms with E-state index in [2.05, 4.69) is 4.99 Å². The first-order valence-corrected chi connectivity index (χ1v) is 10.1. The van der Waals surface area contributed by atoms with Crippen LogP contribution in [-0.4, -0.2) is 37.4 Å². The predicted molar refractivity (Wildman–Crippen MR) is 93.7 cm³/mol. The molecule has 0 heterocycles. The fraction of sp³-hybridized carbons (Fsp3) is 0.938. The zero-order chi connectivity index (χ0) is 19.9. The van der Waals surface area contributed by atoms with Crippen LogP contribution >= 0.6 is 0 Å². The van der Waals surface area contributed by atoms with Crippen LogP contribution in [0.15, 0.2) is 4.99 Å². The quantitative estimate of drug-likeness (QED) is 0.198. The van der Waals surface area contributed by atoms with Gasteiger partial charge < -0.3 is 0 Å². The standard InChI is InChI=1S/C16H33NO7Si/c1-11-13(17-12-18)25(22-19-14(2,3)4,23-20-15(5,6)7)24-21-16(8,9)10/h13H,11H2,1-10H3. The van der Waals surface area contributed by atoms with E-state index in [-0.39, 0.29) is 0 Å². The molecule has 1 atom stereocenters. The summed E-state index contributed by atoms with van der Waals surface area (Å²) in [5.74, 6) is 0. The number of nitrogens with zero attached hydrogens (tertiary/aromatic N) is 1. The number of hydrogen-bond acceptors (Lipinski definition) is 8. The van der Waals surface area contributed by atoms with Crippen molar-refractivity contribution in [2.75, 3.05) is 0 Å². The Morgan fingerprint density at radius 1 is 0.800 bits per heavy atom. The summed E-state index contributed by atoms with van der Waals surface area (Å²) in [5, 5.41) is 0. The van der Waals surface area contributed by atoms with Crippen molar-refractivity contribution in [1.29, 1.82) is 0 Å². The van der Waals surface area contributed by atoms with Gasteiger partial charge in [-0.15, -0.1) is 0 Å². The van der Waals surface area contributed by atoms with Crippen molar-refractivity contribution >= 4 is 14.9 Å². The van der Waals surface area contributed by atoms with Gasteiger partial charge in [-0.3, -0.25) is 0 Å². The molecule has 1 unspecified atom stereocenters. The first kappa shape index (κ1) is 24.4. The fourth-order valence-electron chi connectivity index (χ4n) is 1.24. The van der Waals surface area contributed by atoms with E-state index in [1.165, 1.54) is 6.08 Å².